The van der Waals surface area contributed by atoms with E-state index in [1.54, 1.807) is 25.4 Å². The maximum Gasteiger partial charge on any atom is 0.244 e. The third kappa shape index (κ3) is 3.42. The molecule has 96 valence electrons. The summed E-state index contributed by atoms with van der Waals surface area (Å²) >= 11 is 5.79. The van der Waals surface area contributed by atoms with E-state index in [1.807, 2.05) is 36.4 Å². The van der Waals surface area contributed by atoms with E-state index < -0.39 is 0 Å². The van der Waals surface area contributed by atoms with Crippen LogP contribution in [0.25, 0.3) is 5.57 Å². The Labute approximate surface area is 116 Å². The molecule has 1 N–H and O–H groups in total. The molecule has 0 aliphatic heterocycles. The first-order valence-electron chi connectivity index (χ1n) is 5.81. The topological polar surface area (TPSA) is 42.0 Å². The van der Waals surface area contributed by atoms with Gasteiger partial charge in [-0.15, -0.1) is 0 Å². The summed E-state index contributed by atoms with van der Waals surface area (Å²) in [5.74, 6) is -0.159. The fourth-order valence-corrected chi connectivity index (χ4v) is 1.80. The third-order valence-electron chi connectivity index (χ3n) is 2.65. The minimum Gasteiger partial charge on any atom is -0.356 e. The maximum absolute atomic E-state index is 11.6. The molecule has 1 amide bonds. The summed E-state index contributed by atoms with van der Waals surface area (Å²) < 4.78 is 0. The van der Waals surface area contributed by atoms with Gasteiger partial charge >= 0.3 is 0 Å². The molecule has 4 heteroatoms. The van der Waals surface area contributed by atoms with Gasteiger partial charge in [0.1, 0.15) is 5.15 Å². The molecule has 0 atom stereocenters. The van der Waals surface area contributed by atoms with Crippen LogP contribution in [-0.2, 0) is 4.79 Å². The number of carbonyl (C=O) groups is 1. The highest BCUT2D eigenvalue weighted by atomic mass is 35.5. The second-order valence-corrected chi connectivity index (χ2v) is 4.30. The molecule has 0 unspecified atom stereocenters. The Morgan fingerprint density at radius 3 is 2.47 bits per heavy atom. The molecule has 2 rings (SSSR count). The quantitative estimate of drug-likeness (QED) is 0.690. The van der Waals surface area contributed by atoms with Crippen LogP contribution in [0.3, 0.4) is 0 Å². The molecule has 0 aliphatic rings. The van der Waals surface area contributed by atoms with Crippen LogP contribution in [0.5, 0.6) is 0 Å². The van der Waals surface area contributed by atoms with Crippen molar-refractivity contribution in [2.24, 2.45) is 0 Å². The molecule has 0 spiro atoms. The van der Waals surface area contributed by atoms with Gasteiger partial charge in [0.2, 0.25) is 5.91 Å². The molecule has 1 heterocycles. The first kappa shape index (κ1) is 13.3. The average Bonchev–Trinajstić information content (AvgIpc) is 2.46. The van der Waals surface area contributed by atoms with Crippen molar-refractivity contribution in [2.45, 2.75) is 0 Å². The standard InChI is InChI=1S/C15H13ClN2O/c1-17-15(19)9-13(11-5-3-2-4-6-11)12-7-8-14(16)18-10-12/h2-10H,1H3,(H,17,19)/b13-9+. The van der Waals surface area contributed by atoms with Gasteiger partial charge in [-0.3, -0.25) is 4.79 Å². The number of benzene rings is 1. The number of hydrogen-bond acceptors (Lipinski definition) is 2. The van der Waals surface area contributed by atoms with Crippen LogP contribution in [0.15, 0.2) is 54.7 Å². The first-order valence-corrected chi connectivity index (χ1v) is 6.19. The lowest BCUT2D eigenvalue weighted by atomic mass is 9.99. The number of pyridine rings is 1. The van der Waals surface area contributed by atoms with Crippen molar-refractivity contribution in [3.05, 3.63) is 71.0 Å². The molecule has 2 aromatic rings. The van der Waals surface area contributed by atoms with Crippen LogP contribution in [0, 0.1) is 0 Å². The second kappa shape index (κ2) is 6.16. The molecule has 0 aliphatic carbocycles. The molecule has 0 fully saturated rings. The third-order valence-corrected chi connectivity index (χ3v) is 2.87. The molecular weight excluding hydrogens is 260 g/mol. The number of nitrogens with one attached hydrogen (secondary N) is 1. The van der Waals surface area contributed by atoms with Crippen LogP contribution in [0.2, 0.25) is 5.15 Å². The van der Waals surface area contributed by atoms with Gasteiger partial charge in [-0.05, 0) is 23.3 Å². The molecule has 1 aromatic heterocycles. The minimum absolute atomic E-state index is 0.159. The first-order chi connectivity index (χ1) is 9.20. The van der Waals surface area contributed by atoms with Crippen LogP contribution < -0.4 is 5.32 Å². The summed E-state index contributed by atoms with van der Waals surface area (Å²) in [7, 11) is 1.60. The summed E-state index contributed by atoms with van der Waals surface area (Å²) in [5.41, 5.74) is 2.61. The maximum atomic E-state index is 11.6. The smallest absolute Gasteiger partial charge is 0.244 e. The van der Waals surface area contributed by atoms with Gasteiger partial charge in [-0.1, -0.05) is 41.9 Å². The Morgan fingerprint density at radius 1 is 1.16 bits per heavy atom. The molecule has 19 heavy (non-hydrogen) atoms. The number of aromatic nitrogens is 1. The van der Waals surface area contributed by atoms with E-state index in [-0.39, 0.29) is 5.91 Å². The summed E-state index contributed by atoms with van der Waals surface area (Å²) in [6.07, 6.45) is 3.21. The van der Waals surface area contributed by atoms with E-state index in [4.69, 9.17) is 11.6 Å². The monoisotopic (exact) mass is 272 g/mol. The summed E-state index contributed by atoms with van der Waals surface area (Å²) in [6.45, 7) is 0. The lowest BCUT2D eigenvalue weighted by Gasteiger charge is -2.08. The second-order valence-electron chi connectivity index (χ2n) is 3.91. The Hall–Kier alpha value is -2.13. The van der Waals surface area contributed by atoms with Crippen molar-refractivity contribution in [1.82, 2.24) is 10.3 Å². The number of nitrogens with zero attached hydrogens (tertiary/aromatic N) is 1. The highest BCUT2D eigenvalue weighted by Crippen LogP contribution is 2.23. The molecular formula is C15H13ClN2O. The van der Waals surface area contributed by atoms with Crippen molar-refractivity contribution in [3.8, 4) is 0 Å². The zero-order valence-corrected chi connectivity index (χ0v) is 11.2. The minimum atomic E-state index is -0.159. The Kier molecular flexibility index (Phi) is 4.31. The van der Waals surface area contributed by atoms with Gasteiger partial charge < -0.3 is 5.32 Å². The Balaban J connectivity index is 2.49. The predicted octanol–water partition coefficient (Wildman–Crippen LogP) is 2.91. The van der Waals surface area contributed by atoms with E-state index in [0.29, 0.717) is 5.15 Å². The lowest BCUT2D eigenvalue weighted by molar-refractivity contribution is -0.116. The number of rotatable bonds is 3. The normalized spacial score (nSPS) is 11.2. The predicted molar refractivity (Wildman–Crippen MR) is 76.8 cm³/mol. The van der Waals surface area contributed by atoms with E-state index in [2.05, 4.69) is 10.3 Å². The van der Waals surface area contributed by atoms with Crippen molar-refractivity contribution in [3.63, 3.8) is 0 Å². The van der Waals surface area contributed by atoms with Gasteiger partial charge in [0, 0.05) is 24.9 Å². The highest BCUT2D eigenvalue weighted by molar-refractivity contribution is 6.29. The van der Waals surface area contributed by atoms with E-state index in [9.17, 15) is 4.79 Å². The van der Waals surface area contributed by atoms with Crippen molar-refractivity contribution in [1.29, 1.82) is 0 Å². The number of carbonyl (C=O) groups excluding carboxylic acids is 1. The lowest BCUT2D eigenvalue weighted by Crippen LogP contribution is -2.15. The Morgan fingerprint density at radius 2 is 1.89 bits per heavy atom. The average molecular weight is 273 g/mol. The van der Waals surface area contributed by atoms with E-state index in [1.165, 1.54) is 0 Å². The van der Waals surface area contributed by atoms with Gasteiger partial charge in [-0.25, -0.2) is 4.98 Å². The Bertz CT molecular complexity index is 591. The number of likely N-dealkylation sites (N-methyl/N-ethyl adjacent to an activating group) is 1. The molecule has 0 saturated carbocycles. The van der Waals surface area contributed by atoms with Crippen LogP contribution in [0.1, 0.15) is 11.1 Å². The number of hydrogen-bond donors (Lipinski definition) is 1. The van der Waals surface area contributed by atoms with Crippen molar-refractivity contribution >= 4 is 23.1 Å². The molecule has 0 saturated heterocycles. The SMILES string of the molecule is CNC(=O)/C=C(\c1ccccc1)c1ccc(Cl)nc1. The van der Waals surface area contributed by atoms with Crippen LogP contribution >= 0.6 is 11.6 Å². The zero-order chi connectivity index (χ0) is 13.7. The molecule has 0 radical (unpaired) electrons. The van der Waals surface area contributed by atoms with E-state index in [0.717, 1.165) is 16.7 Å². The molecule has 1 aromatic carbocycles. The van der Waals surface area contributed by atoms with Crippen molar-refractivity contribution in [2.75, 3.05) is 7.05 Å². The molecule has 3 nitrogen and oxygen atoms in total. The van der Waals surface area contributed by atoms with Gasteiger partial charge in [-0.2, -0.15) is 0 Å². The zero-order valence-electron chi connectivity index (χ0n) is 10.4. The summed E-state index contributed by atoms with van der Waals surface area (Å²) in [6, 6.07) is 13.2. The fourth-order valence-electron chi connectivity index (χ4n) is 1.69. The number of halogens is 1. The van der Waals surface area contributed by atoms with Gasteiger partial charge in [0.15, 0.2) is 0 Å². The summed E-state index contributed by atoms with van der Waals surface area (Å²) in [5, 5.41) is 3.01. The highest BCUT2D eigenvalue weighted by Gasteiger charge is 2.07. The summed E-state index contributed by atoms with van der Waals surface area (Å²) in [4.78, 5) is 15.7. The fraction of sp³-hybridized carbons (Fsp3) is 0.0667. The number of amides is 1. The largest absolute Gasteiger partial charge is 0.356 e. The van der Waals surface area contributed by atoms with Gasteiger partial charge in [0.05, 0.1) is 0 Å². The van der Waals surface area contributed by atoms with Crippen LogP contribution in [0.4, 0.5) is 0 Å². The van der Waals surface area contributed by atoms with E-state index >= 15 is 0 Å². The molecule has 0 bridgehead atoms. The van der Waals surface area contributed by atoms with Gasteiger partial charge in [0.25, 0.3) is 0 Å². The van der Waals surface area contributed by atoms with Crippen LogP contribution in [-0.4, -0.2) is 17.9 Å². The van der Waals surface area contributed by atoms with Crippen molar-refractivity contribution < 1.29 is 4.79 Å².